The highest BCUT2D eigenvalue weighted by molar-refractivity contribution is 5.25. The van der Waals surface area contributed by atoms with Crippen LogP contribution in [0.25, 0.3) is 0 Å². The molecule has 1 aliphatic heterocycles. The van der Waals surface area contributed by atoms with Crippen molar-refractivity contribution in [2.45, 2.75) is 70.2 Å². The Balaban J connectivity index is 1.41. The fourth-order valence-electron chi connectivity index (χ4n) is 5.41. The van der Waals surface area contributed by atoms with Crippen LogP contribution < -0.4 is 10.6 Å². The molecule has 0 amide bonds. The lowest BCUT2D eigenvalue weighted by molar-refractivity contribution is 0.0404. The van der Waals surface area contributed by atoms with E-state index >= 15 is 0 Å². The third-order valence-electron chi connectivity index (χ3n) is 6.97. The summed E-state index contributed by atoms with van der Waals surface area (Å²) in [5.74, 6) is 1.51. The largest absolute Gasteiger partial charge is 0.300 e. The van der Waals surface area contributed by atoms with Gasteiger partial charge in [0.2, 0.25) is 0 Å². The highest BCUT2D eigenvalue weighted by Crippen LogP contribution is 2.59. The molecule has 3 aliphatic carbocycles. The van der Waals surface area contributed by atoms with E-state index in [0.717, 1.165) is 42.5 Å². The maximum absolute atomic E-state index is 14.1. The van der Waals surface area contributed by atoms with Gasteiger partial charge in [-0.1, -0.05) is 19.1 Å². The first-order chi connectivity index (χ1) is 11.8. The van der Waals surface area contributed by atoms with Gasteiger partial charge >= 0.3 is 0 Å². The van der Waals surface area contributed by atoms with Gasteiger partial charge in [-0.25, -0.2) is 4.39 Å². The van der Waals surface area contributed by atoms with Crippen LogP contribution in [-0.4, -0.2) is 35.7 Å². The molecule has 1 heterocycles. The SMILES string of the molecule is CCc1ccc(CN(C)C23CC(C2)[C@@H](C2NCC(C)(C)N2)C3)cc1F. The van der Waals surface area contributed by atoms with Gasteiger partial charge in [0.1, 0.15) is 5.82 Å². The number of benzene rings is 1. The third-order valence-corrected chi connectivity index (χ3v) is 6.97. The highest BCUT2D eigenvalue weighted by Gasteiger charge is 2.60. The van der Waals surface area contributed by atoms with Gasteiger partial charge in [-0.15, -0.1) is 0 Å². The van der Waals surface area contributed by atoms with E-state index in [4.69, 9.17) is 0 Å². The molecule has 1 saturated heterocycles. The molecule has 25 heavy (non-hydrogen) atoms. The van der Waals surface area contributed by atoms with Crippen LogP contribution in [0.5, 0.6) is 0 Å². The van der Waals surface area contributed by atoms with Crippen molar-refractivity contribution in [3.63, 3.8) is 0 Å². The summed E-state index contributed by atoms with van der Waals surface area (Å²) in [5, 5.41) is 7.47. The van der Waals surface area contributed by atoms with E-state index in [-0.39, 0.29) is 11.4 Å². The molecule has 2 bridgehead atoms. The van der Waals surface area contributed by atoms with Gasteiger partial charge in [0.25, 0.3) is 0 Å². The van der Waals surface area contributed by atoms with Crippen LogP contribution in [0.1, 0.15) is 51.2 Å². The van der Waals surface area contributed by atoms with E-state index in [1.807, 2.05) is 13.0 Å². The van der Waals surface area contributed by atoms with Crippen molar-refractivity contribution < 1.29 is 4.39 Å². The molecule has 3 saturated carbocycles. The Kier molecular flexibility index (Phi) is 4.21. The topological polar surface area (TPSA) is 27.3 Å². The Morgan fingerprint density at radius 1 is 1.24 bits per heavy atom. The van der Waals surface area contributed by atoms with E-state index in [9.17, 15) is 4.39 Å². The molecule has 4 aliphatic rings. The van der Waals surface area contributed by atoms with Gasteiger partial charge in [0.05, 0.1) is 6.17 Å². The van der Waals surface area contributed by atoms with Crippen molar-refractivity contribution in [2.75, 3.05) is 13.6 Å². The Bertz CT molecular complexity index is 651. The van der Waals surface area contributed by atoms with Gasteiger partial charge in [0, 0.05) is 24.2 Å². The molecule has 0 aromatic heterocycles. The molecule has 2 atom stereocenters. The second kappa shape index (κ2) is 6.04. The minimum Gasteiger partial charge on any atom is -0.300 e. The molecular weight excluding hydrogens is 313 g/mol. The lowest BCUT2D eigenvalue weighted by Gasteiger charge is -2.46. The smallest absolute Gasteiger partial charge is 0.126 e. The Hall–Kier alpha value is -0.970. The van der Waals surface area contributed by atoms with Crippen LogP contribution in [0.2, 0.25) is 0 Å². The predicted molar refractivity (Wildman–Crippen MR) is 99.8 cm³/mol. The van der Waals surface area contributed by atoms with Crippen LogP contribution >= 0.6 is 0 Å². The molecule has 5 rings (SSSR count). The molecule has 0 spiro atoms. The summed E-state index contributed by atoms with van der Waals surface area (Å²) in [5.41, 5.74) is 2.44. The number of halogens is 1. The maximum Gasteiger partial charge on any atom is 0.126 e. The van der Waals surface area contributed by atoms with Crippen molar-refractivity contribution in [1.29, 1.82) is 0 Å². The molecule has 1 aromatic rings. The van der Waals surface area contributed by atoms with E-state index in [1.165, 1.54) is 19.3 Å². The standard InChI is InChI=1S/C21H32FN3/c1-5-15-7-6-14(8-18(15)22)12-25(4)21-9-16(10-21)17(11-21)19-23-13-20(2,3)24-19/h6-8,16-17,19,23-24H,5,9-13H2,1-4H3/t16?,17-,19?,21?/m0/s1. The van der Waals surface area contributed by atoms with E-state index < -0.39 is 0 Å². The summed E-state index contributed by atoms with van der Waals surface area (Å²) in [6.07, 6.45) is 5.06. The molecule has 138 valence electrons. The maximum atomic E-state index is 14.1. The first-order valence-corrected chi connectivity index (χ1v) is 9.81. The second-order valence-electron chi connectivity index (χ2n) is 9.28. The highest BCUT2D eigenvalue weighted by atomic mass is 19.1. The van der Waals surface area contributed by atoms with Gasteiger partial charge in [-0.2, -0.15) is 0 Å². The van der Waals surface area contributed by atoms with Crippen LogP contribution in [-0.2, 0) is 13.0 Å². The first kappa shape index (κ1) is 17.4. The van der Waals surface area contributed by atoms with E-state index in [1.54, 1.807) is 6.07 Å². The molecule has 4 heteroatoms. The minimum atomic E-state index is -0.0525. The van der Waals surface area contributed by atoms with Crippen LogP contribution in [0.15, 0.2) is 18.2 Å². The zero-order valence-electron chi connectivity index (χ0n) is 16.0. The fourth-order valence-corrected chi connectivity index (χ4v) is 5.41. The number of hydrogen-bond acceptors (Lipinski definition) is 3. The molecule has 3 nitrogen and oxygen atoms in total. The number of nitrogens with one attached hydrogen (secondary N) is 2. The summed E-state index contributed by atoms with van der Waals surface area (Å²) >= 11 is 0. The molecule has 2 N–H and O–H groups in total. The Labute approximate surface area is 151 Å². The van der Waals surface area contributed by atoms with Crippen molar-refractivity contribution in [3.8, 4) is 0 Å². The van der Waals surface area contributed by atoms with Gasteiger partial charge in [-0.3, -0.25) is 15.5 Å². The molecule has 4 fully saturated rings. The average molecular weight is 346 g/mol. The lowest BCUT2D eigenvalue weighted by atomic mass is 9.74. The van der Waals surface area contributed by atoms with Crippen molar-refractivity contribution in [1.82, 2.24) is 15.5 Å². The quantitative estimate of drug-likeness (QED) is 0.857. The van der Waals surface area contributed by atoms with Crippen molar-refractivity contribution >= 4 is 0 Å². The average Bonchev–Trinajstić information content (AvgIpc) is 3.17. The van der Waals surface area contributed by atoms with Gasteiger partial charge in [-0.05, 0) is 75.6 Å². The Morgan fingerprint density at radius 2 is 2.00 bits per heavy atom. The number of nitrogens with zero attached hydrogens (tertiary/aromatic N) is 1. The number of fused-ring (bicyclic) bond motifs is 1. The molecule has 1 aromatic carbocycles. The Morgan fingerprint density at radius 3 is 2.60 bits per heavy atom. The third kappa shape index (κ3) is 3.02. The normalized spacial score (nSPS) is 36.0. The summed E-state index contributed by atoms with van der Waals surface area (Å²) < 4.78 is 14.1. The molecule has 1 unspecified atom stereocenters. The van der Waals surface area contributed by atoms with Crippen molar-refractivity contribution in [3.05, 3.63) is 35.1 Å². The van der Waals surface area contributed by atoms with E-state index in [0.29, 0.717) is 11.7 Å². The summed E-state index contributed by atoms with van der Waals surface area (Å²) in [6.45, 7) is 8.44. The molecular formula is C21H32FN3. The predicted octanol–water partition coefficient (Wildman–Crippen LogP) is 3.29. The number of rotatable bonds is 5. The fraction of sp³-hybridized carbons (Fsp3) is 0.714. The summed E-state index contributed by atoms with van der Waals surface area (Å²) in [7, 11) is 2.23. The van der Waals surface area contributed by atoms with Crippen LogP contribution in [0.3, 0.4) is 0 Å². The summed E-state index contributed by atoms with van der Waals surface area (Å²) in [4.78, 5) is 2.49. The van der Waals surface area contributed by atoms with Crippen molar-refractivity contribution in [2.24, 2.45) is 11.8 Å². The van der Waals surface area contributed by atoms with Gasteiger partial charge < -0.3 is 0 Å². The number of hydrogen-bond donors (Lipinski definition) is 2. The zero-order chi connectivity index (χ0) is 17.8. The lowest BCUT2D eigenvalue weighted by Crippen LogP contribution is -2.49. The van der Waals surface area contributed by atoms with Gasteiger partial charge in [0.15, 0.2) is 0 Å². The monoisotopic (exact) mass is 345 g/mol. The second-order valence-corrected chi connectivity index (χ2v) is 9.28. The van der Waals surface area contributed by atoms with E-state index in [2.05, 4.69) is 42.5 Å². The summed E-state index contributed by atoms with van der Waals surface area (Å²) in [6, 6.07) is 5.78. The number of aryl methyl sites for hydroxylation is 1. The van der Waals surface area contributed by atoms with Crippen LogP contribution in [0.4, 0.5) is 4.39 Å². The first-order valence-electron chi connectivity index (χ1n) is 9.81. The minimum absolute atomic E-state index is 0.0525. The molecule has 0 radical (unpaired) electrons. The zero-order valence-corrected chi connectivity index (χ0v) is 16.0. The van der Waals surface area contributed by atoms with Crippen LogP contribution in [0, 0.1) is 17.7 Å².